The van der Waals surface area contributed by atoms with Crippen molar-refractivity contribution in [3.8, 4) is 10.6 Å². The molecule has 0 radical (unpaired) electrons. The van der Waals surface area contributed by atoms with Crippen LogP contribution in [0, 0.1) is 11.8 Å². The predicted octanol–water partition coefficient (Wildman–Crippen LogP) is 4.64. The van der Waals surface area contributed by atoms with Crippen LogP contribution in [0.1, 0.15) is 24.6 Å². The smallest absolute Gasteiger partial charge is 0.123 e. The van der Waals surface area contributed by atoms with E-state index in [4.69, 9.17) is 11.6 Å². The first-order valence-electron chi connectivity index (χ1n) is 7.44. The first kappa shape index (κ1) is 15.0. The second-order valence-electron chi connectivity index (χ2n) is 6.15. The number of thiazole rings is 1. The zero-order valence-corrected chi connectivity index (χ0v) is 14.1. The van der Waals surface area contributed by atoms with Crippen LogP contribution in [0.15, 0.2) is 29.6 Å². The molecule has 1 aliphatic carbocycles. The Balaban J connectivity index is 1.67. The first-order valence-corrected chi connectivity index (χ1v) is 8.85. The number of halogens is 1. The Morgan fingerprint density at radius 1 is 1.43 bits per heavy atom. The van der Waals surface area contributed by atoms with E-state index in [-0.39, 0.29) is 0 Å². The highest BCUT2D eigenvalue weighted by Crippen LogP contribution is 2.38. The molecular formula is C17H21ClN2S. The normalized spacial score (nSPS) is 21.0. The molecule has 1 aromatic heterocycles. The molecule has 3 rings (SSSR count). The van der Waals surface area contributed by atoms with E-state index in [1.165, 1.54) is 24.1 Å². The maximum absolute atomic E-state index is 5.83. The Morgan fingerprint density at radius 2 is 2.24 bits per heavy atom. The first-order chi connectivity index (χ1) is 10.2. The van der Waals surface area contributed by atoms with Gasteiger partial charge in [0.2, 0.25) is 0 Å². The molecule has 2 atom stereocenters. The molecular weight excluding hydrogens is 300 g/mol. The van der Waals surface area contributed by atoms with Gasteiger partial charge in [-0.3, -0.25) is 0 Å². The molecule has 1 saturated carbocycles. The lowest BCUT2D eigenvalue weighted by molar-refractivity contribution is 0.307. The van der Waals surface area contributed by atoms with Gasteiger partial charge < -0.3 is 4.90 Å². The Labute approximate surface area is 135 Å². The standard InChI is InChI=1S/C17H21ClN2S/c1-12-6-15(12)10-20(2)9-13-4-3-5-14(7-13)17-19-16(8-18)11-21-17/h3-5,7,11-12,15H,6,8-10H2,1-2H3. The summed E-state index contributed by atoms with van der Waals surface area (Å²) in [5.74, 6) is 2.31. The van der Waals surface area contributed by atoms with Crippen LogP contribution in [0.25, 0.3) is 10.6 Å². The SMILES string of the molecule is CC1CC1CN(C)Cc1cccc(-c2nc(CCl)cs2)c1. The summed E-state index contributed by atoms with van der Waals surface area (Å²) in [5, 5.41) is 3.10. The average molecular weight is 321 g/mol. The van der Waals surface area contributed by atoms with Crippen LogP contribution < -0.4 is 0 Å². The van der Waals surface area contributed by atoms with Gasteiger partial charge in [-0.15, -0.1) is 22.9 Å². The summed E-state index contributed by atoms with van der Waals surface area (Å²) in [4.78, 5) is 6.99. The number of aromatic nitrogens is 1. The van der Waals surface area contributed by atoms with Crippen molar-refractivity contribution in [2.24, 2.45) is 11.8 Å². The van der Waals surface area contributed by atoms with E-state index in [1.807, 2.05) is 5.38 Å². The molecule has 1 aromatic carbocycles. The number of rotatable bonds is 6. The minimum Gasteiger partial charge on any atom is -0.302 e. The third-order valence-electron chi connectivity index (χ3n) is 4.14. The number of benzene rings is 1. The van der Waals surface area contributed by atoms with Gasteiger partial charge >= 0.3 is 0 Å². The van der Waals surface area contributed by atoms with Crippen molar-refractivity contribution >= 4 is 22.9 Å². The zero-order valence-electron chi connectivity index (χ0n) is 12.6. The van der Waals surface area contributed by atoms with E-state index < -0.39 is 0 Å². The zero-order chi connectivity index (χ0) is 14.8. The summed E-state index contributed by atoms with van der Waals surface area (Å²) in [6.07, 6.45) is 1.39. The molecule has 2 nitrogen and oxygen atoms in total. The maximum Gasteiger partial charge on any atom is 0.123 e. The molecule has 2 unspecified atom stereocenters. The fourth-order valence-corrected chi connectivity index (χ4v) is 3.78. The number of hydrogen-bond acceptors (Lipinski definition) is 3. The lowest BCUT2D eigenvalue weighted by Crippen LogP contribution is -2.20. The van der Waals surface area contributed by atoms with Crippen LogP contribution in [0.2, 0.25) is 0 Å². The van der Waals surface area contributed by atoms with Crippen LogP contribution in [-0.4, -0.2) is 23.5 Å². The van der Waals surface area contributed by atoms with Gasteiger partial charge in [0, 0.05) is 24.0 Å². The van der Waals surface area contributed by atoms with Crippen LogP contribution >= 0.6 is 22.9 Å². The molecule has 112 valence electrons. The largest absolute Gasteiger partial charge is 0.302 e. The second kappa shape index (κ2) is 6.47. The fourth-order valence-electron chi connectivity index (χ4n) is 2.73. The molecule has 4 heteroatoms. The summed E-state index contributed by atoms with van der Waals surface area (Å²) < 4.78 is 0. The third kappa shape index (κ3) is 3.85. The van der Waals surface area contributed by atoms with Crippen molar-refractivity contribution < 1.29 is 0 Å². The van der Waals surface area contributed by atoms with Gasteiger partial charge in [0.25, 0.3) is 0 Å². The molecule has 0 N–H and O–H groups in total. The summed E-state index contributed by atoms with van der Waals surface area (Å²) in [6, 6.07) is 8.71. The summed E-state index contributed by atoms with van der Waals surface area (Å²) in [7, 11) is 2.21. The van der Waals surface area contributed by atoms with Gasteiger partial charge in [0.05, 0.1) is 11.6 Å². The van der Waals surface area contributed by atoms with Crippen LogP contribution in [-0.2, 0) is 12.4 Å². The summed E-state index contributed by atoms with van der Waals surface area (Å²) in [5.41, 5.74) is 3.51. The molecule has 0 aliphatic heterocycles. The second-order valence-corrected chi connectivity index (χ2v) is 7.27. The van der Waals surface area contributed by atoms with Crippen molar-refractivity contribution in [3.63, 3.8) is 0 Å². The Bertz CT molecular complexity index is 610. The molecule has 0 amide bonds. The van der Waals surface area contributed by atoms with Crippen molar-refractivity contribution in [3.05, 3.63) is 40.9 Å². The molecule has 1 aliphatic rings. The van der Waals surface area contributed by atoms with Crippen molar-refractivity contribution in [1.29, 1.82) is 0 Å². The van der Waals surface area contributed by atoms with E-state index in [2.05, 4.69) is 48.1 Å². The highest BCUT2D eigenvalue weighted by atomic mass is 35.5. The lowest BCUT2D eigenvalue weighted by Gasteiger charge is -2.16. The Kier molecular flexibility index (Phi) is 4.63. The fraction of sp³-hybridized carbons (Fsp3) is 0.471. The third-order valence-corrected chi connectivity index (χ3v) is 5.35. The van der Waals surface area contributed by atoms with E-state index in [1.54, 1.807) is 11.3 Å². The van der Waals surface area contributed by atoms with Crippen LogP contribution in [0.5, 0.6) is 0 Å². The van der Waals surface area contributed by atoms with E-state index >= 15 is 0 Å². The van der Waals surface area contributed by atoms with E-state index in [0.29, 0.717) is 5.88 Å². The monoisotopic (exact) mass is 320 g/mol. The van der Waals surface area contributed by atoms with Gasteiger partial charge in [-0.1, -0.05) is 25.1 Å². The lowest BCUT2D eigenvalue weighted by atomic mass is 10.1. The highest BCUT2D eigenvalue weighted by Gasteiger charge is 2.32. The Hall–Kier alpha value is -0.900. The molecule has 1 fully saturated rings. The molecule has 0 bridgehead atoms. The maximum atomic E-state index is 5.83. The molecule has 2 aromatic rings. The Morgan fingerprint density at radius 3 is 2.90 bits per heavy atom. The van der Waals surface area contributed by atoms with Gasteiger partial charge in [-0.2, -0.15) is 0 Å². The van der Waals surface area contributed by atoms with Gasteiger partial charge in [0.1, 0.15) is 5.01 Å². The summed E-state index contributed by atoms with van der Waals surface area (Å²) >= 11 is 7.50. The van der Waals surface area contributed by atoms with Crippen molar-refractivity contribution in [2.45, 2.75) is 25.8 Å². The minimum atomic E-state index is 0.485. The number of hydrogen-bond donors (Lipinski definition) is 0. The molecule has 0 spiro atoms. The molecule has 1 heterocycles. The van der Waals surface area contributed by atoms with Crippen molar-refractivity contribution in [2.75, 3.05) is 13.6 Å². The molecule has 0 saturated heterocycles. The average Bonchev–Trinajstić information content (AvgIpc) is 2.99. The van der Waals surface area contributed by atoms with Crippen molar-refractivity contribution in [1.82, 2.24) is 9.88 Å². The summed E-state index contributed by atoms with van der Waals surface area (Å²) in [6.45, 7) is 4.56. The van der Waals surface area contributed by atoms with Crippen LogP contribution in [0.4, 0.5) is 0 Å². The van der Waals surface area contributed by atoms with Gasteiger partial charge in [0.15, 0.2) is 0 Å². The van der Waals surface area contributed by atoms with Crippen LogP contribution in [0.3, 0.4) is 0 Å². The highest BCUT2D eigenvalue weighted by molar-refractivity contribution is 7.13. The van der Waals surface area contributed by atoms with E-state index in [9.17, 15) is 0 Å². The van der Waals surface area contributed by atoms with Gasteiger partial charge in [-0.05, 0) is 36.9 Å². The quantitative estimate of drug-likeness (QED) is 0.721. The number of nitrogens with zero attached hydrogens (tertiary/aromatic N) is 2. The number of alkyl halides is 1. The van der Waals surface area contributed by atoms with E-state index in [0.717, 1.165) is 29.1 Å². The predicted molar refractivity (Wildman–Crippen MR) is 90.7 cm³/mol. The topological polar surface area (TPSA) is 16.1 Å². The molecule has 21 heavy (non-hydrogen) atoms. The minimum absolute atomic E-state index is 0.485. The van der Waals surface area contributed by atoms with Gasteiger partial charge in [-0.25, -0.2) is 4.98 Å².